The van der Waals surface area contributed by atoms with Crippen LogP contribution >= 0.6 is 11.6 Å². The van der Waals surface area contributed by atoms with E-state index in [1.807, 2.05) is 23.1 Å². The SMILES string of the molecule is COc1cccc(S(=O)(=O)CCN2CCN(C(=O)Cc3ccccc3Cl)CC2)c1. The zero-order chi connectivity index (χ0) is 20.9. The Labute approximate surface area is 176 Å². The molecule has 0 spiro atoms. The maximum absolute atomic E-state index is 12.6. The fraction of sp³-hybridized carbons (Fsp3) is 0.381. The summed E-state index contributed by atoms with van der Waals surface area (Å²) in [6, 6.07) is 13.9. The second-order valence-corrected chi connectivity index (χ2v) is 9.50. The zero-order valence-electron chi connectivity index (χ0n) is 16.4. The number of hydrogen-bond acceptors (Lipinski definition) is 5. The highest BCUT2D eigenvalue weighted by Crippen LogP contribution is 2.19. The minimum Gasteiger partial charge on any atom is -0.497 e. The number of piperazine rings is 1. The number of ether oxygens (including phenoxy) is 1. The lowest BCUT2D eigenvalue weighted by Gasteiger charge is -2.34. The van der Waals surface area contributed by atoms with Crippen molar-refractivity contribution in [3.63, 3.8) is 0 Å². The Balaban J connectivity index is 1.49. The fourth-order valence-corrected chi connectivity index (χ4v) is 4.82. The lowest BCUT2D eigenvalue weighted by Crippen LogP contribution is -2.50. The van der Waals surface area contributed by atoms with Crippen LogP contribution < -0.4 is 4.74 Å². The molecule has 2 aromatic carbocycles. The topological polar surface area (TPSA) is 66.9 Å². The molecule has 6 nitrogen and oxygen atoms in total. The van der Waals surface area contributed by atoms with E-state index in [1.165, 1.54) is 7.11 Å². The Morgan fingerprint density at radius 3 is 2.48 bits per heavy atom. The predicted octanol–water partition coefficient (Wildman–Crippen LogP) is 2.51. The summed E-state index contributed by atoms with van der Waals surface area (Å²) in [7, 11) is -1.87. The van der Waals surface area contributed by atoms with Crippen molar-refractivity contribution in [3.8, 4) is 5.75 Å². The normalized spacial score (nSPS) is 15.3. The van der Waals surface area contributed by atoms with Crippen LogP contribution in [-0.4, -0.2) is 69.7 Å². The number of sulfone groups is 1. The summed E-state index contributed by atoms with van der Waals surface area (Å²) in [5.74, 6) is 0.603. The molecule has 0 bridgehead atoms. The molecule has 2 aromatic rings. The van der Waals surface area contributed by atoms with Gasteiger partial charge < -0.3 is 9.64 Å². The summed E-state index contributed by atoms with van der Waals surface area (Å²) in [5, 5.41) is 0.599. The molecule has 29 heavy (non-hydrogen) atoms. The molecule has 0 N–H and O–H groups in total. The first kappa shape index (κ1) is 21.6. The lowest BCUT2D eigenvalue weighted by atomic mass is 10.1. The lowest BCUT2D eigenvalue weighted by molar-refractivity contribution is -0.132. The molecule has 0 atom stereocenters. The highest BCUT2D eigenvalue weighted by Gasteiger charge is 2.23. The van der Waals surface area contributed by atoms with Gasteiger partial charge in [-0.1, -0.05) is 35.9 Å². The van der Waals surface area contributed by atoms with Crippen LogP contribution in [0.3, 0.4) is 0 Å². The number of carbonyl (C=O) groups is 1. The van der Waals surface area contributed by atoms with E-state index in [-0.39, 0.29) is 23.0 Å². The van der Waals surface area contributed by atoms with Gasteiger partial charge in [0.15, 0.2) is 9.84 Å². The summed E-state index contributed by atoms with van der Waals surface area (Å²) in [5.41, 5.74) is 0.825. The van der Waals surface area contributed by atoms with Gasteiger partial charge in [0.2, 0.25) is 5.91 Å². The van der Waals surface area contributed by atoms with Gasteiger partial charge in [-0.15, -0.1) is 0 Å². The molecule has 1 aliphatic heterocycles. The molecule has 0 aromatic heterocycles. The largest absolute Gasteiger partial charge is 0.497 e. The van der Waals surface area contributed by atoms with E-state index in [1.54, 1.807) is 30.3 Å². The maximum atomic E-state index is 12.6. The number of rotatable bonds is 7. The Bertz CT molecular complexity index is 957. The van der Waals surface area contributed by atoms with Gasteiger partial charge in [0.25, 0.3) is 0 Å². The van der Waals surface area contributed by atoms with E-state index in [9.17, 15) is 13.2 Å². The number of amides is 1. The summed E-state index contributed by atoms with van der Waals surface area (Å²) in [6.45, 7) is 2.92. The first-order chi connectivity index (χ1) is 13.9. The average Bonchev–Trinajstić information content (AvgIpc) is 2.74. The number of methoxy groups -OCH3 is 1. The van der Waals surface area contributed by atoms with Crippen molar-refractivity contribution >= 4 is 27.3 Å². The fourth-order valence-electron chi connectivity index (χ4n) is 3.30. The van der Waals surface area contributed by atoms with E-state index in [2.05, 4.69) is 4.90 Å². The van der Waals surface area contributed by atoms with Gasteiger partial charge in [0.05, 0.1) is 24.2 Å². The average molecular weight is 437 g/mol. The number of nitrogens with zero attached hydrogens (tertiary/aromatic N) is 2. The van der Waals surface area contributed by atoms with E-state index in [4.69, 9.17) is 16.3 Å². The first-order valence-electron chi connectivity index (χ1n) is 9.49. The van der Waals surface area contributed by atoms with Crippen molar-refractivity contribution < 1.29 is 17.9 Å². The van der Waals surface area contributed by atoms with Crippen LogP contribution in [0.1, 0.15) is 5.56 Å². The molecule has 0 unspecified atom stereocenters. The molecule has 1 heterocycles. The van der Waals surface area contributed by atoms with E-state index in [0.717, 1.165) is 5.56 Å². The first-order valence-corrected chi connectivity index (χ1v) is 11.5. The second kappa shape index (κ2) is 9.61. The Morgan fingerprint density at radius 2 is 1.79 bits per heavy atom. The zero-order valence-corrected chi connectivity index (χ0v) is 18.0. The number of carbonyl (C=O) groups excluding carboxylic acids is 1. The monoisotopic (exact) mass is 436 g/mol. The van der Waals surface area contributed by atoms with Gasteiger partial charge in [-0.2, -0.15) is 0 Å². The molecule has 156 valence electrons. The molecule has 1 aliphatic rings. The smallest absolute Gasteiger partial charge is 0.227 e. The van der Waals surface area contributed by atoms with Crippen LogP contribution in [0.25, 0.3) is 0 Å². The second-order valence-electron chi connectivity index (χ2n) is 6.99. The van der Waals surface area contributed by atoms with E-state index < -0.39 is 9.84 Å². The van der Waals surface area contributed by atoms with E-state index >= 15 is 0 Å². The maximum Gasteiger partial charge on any atom is 0.227 e. The van der Waals surface area contributed by atoms with Crippen molar-refractivity contribution in [2.45, 2.75) is 11.3 Å². The quantitative estimate of drug-likeness (QED) is 0.667. The van der Waals surface area contributed by atoms with Gasteiger partial charge in [-0.25, -0.2) is 8.42 Å². The van der Waals surface area contributed by atoms with Crippen LogP contribution in [0, 0.1) is 0 Å². The van der Waals surface area contributed by atoms with Crippen molar-refractivity contribution in [1.29, 1.82) is 0 Å². The van der Waals surface area contributed by atoms with Crippen molar-refractivity contribution in [3.05, 3.63) is 59.1 Å². The van der Waals surface area contributed by atoms with Crippen molar-refractivity contribution in [2.75, 3.05) is 45.6 Å². The van der Waals surface area contributed by atoms with Crippen LogP contribution in [0.5, 0.6) is 5.75 Å². The minimum absolute atomic E-state index is 0.0355. The summed E-state index contributed by atoms with van der Waals surface area (Å²) >= 11 is 6.14. The van der Waals surface area contributed by atoms with Crippen molar-refractivity contribution in [2.24, 2.45) is 0 Å². The highest BCUT2D eigenvalue weighted by atomic mass is 35.5. The number of halogens is 1. The molecular weight excluding hydrogens is 412 g/mol. The van der Waals surface area contributed by atoms with Gasteiger partial charge >= 0.3 is 0 Å². The van der Waals surface area contributed by atoms with Crippen molar-refractivity contribution in [1.82, 2.24) is 9.80 Å². The molecule has 1 fully saturated rings. The predicted molar refractivity (Wildman–Crippen MR) is 113 cm³/mol. The Morgan fingerprint density at radius 1 is 1.07 bits per heavy atom. The molecule has 0 aliphatic carbocycles. The van der Waals surface area contributed by atoms with Crippen LogP contribution in [0.15, 0.2) is 53.4 Å². The third-order valence-corrected chi connectivity index (χ3v) is 7.16. The number of benzene rings is 2. The standard InChI is InChI=1S/C21H25ClN2O4S/c1-28-18-6-4-7-19(16-18)29(26,27)14-13-23-9-11-24(12-10-23)21(25)15-17-5-2-3-8-20(17)22/h2-8,16H,9-15H2,1H3. The van der Waals surface area contributed by atoms with Gasteiger partial charge in [-0.05, 0) is 29.8 Å². The molecular formula is C21H25ClN2O4S. The molecule has 1 amide bonds. The van der Waals surface area contributed by atoms with Crippen LogP contribution in [0.4, 0.5) is 0 Å². The van der Waals surface area contributed by atoms with Crippen LogP contribution in [-0.2, 0) is 21.1 Å². The van der Waals surface area contributed by atoms with E-state index in [0.29, 0.717) is 43.5 Å². The highest BCUT2D eigenvalue weighted by molar-refractivity contribution is 7.91. The van der Waals surface area contributed by atoms with Crippen LogP contribution in [0.2, 0.25) is 5.02 Å². The summed E-state index contributed by atoms with van der Waals surface area (Å²) < 4.78 is 30.3. The molecule has 0 saturated carbocycles. The number of hydrogen-bond donors (Lipinski definition) is 0. The Hall–Kier alpha value is -2.09. The molecule has 3 rings (SSSR count). The third kappa shape index (κ3) is 5.72. The molecule has 0 radical (unpaired) electrons. The van der Waals surface area contributed by atoms with Gasteiger partial charge in [-0.3, -0.25) is 9.69 Å². The third-order valence-electron chi connectivity index (χ3n) is 5.10. The molecule has 8 heteroatoms. The Kier molecular flexibility index (Phi) is 7.16. The summed E-state index contributed by atoms with van der Waals surface area (Å²) in [6.07, 6.45) is 0.282. The van der Waals surface area contributed by atoms with Gasteiger partial charge in [0.1, 0.15) is 5.75 Å². The molecule has 1 saturated heterocycles. The summed E-state index contributed by atoms with van der Waals surface area (Å²) in [4.78, 5) is 16.7. The minimum atomic E-state index is -3.38. The van der Waals surface area contributed by atoms with Gasteiger partial charge in [0, 0.05) is 37.7 Å².